The van der Waals surface area contributed by atoms with Gasteiger partial charge in [0.15, 0.2) is 11.5 Å². The van der Waals surface area contributed by atoms with Gasteiger partial charge in [0.1, 0.15) is 31.3 Å². The van der Waals surface area contributed by atoms with Gasteiger partial charge in [0.05, 0.1) is 11.6 Å². The van der Waals surface area contributed by atoms with Crippen molar-refractivity contribution in [2.45, 2.75) is 26.3 Å². The molecule has 2 aromatic carbocycles. The minimum atomic E-state index is -0.724. The summed E-state index contributed by atoms with van der Waals surface area (Å²) < 4.78 is 16.8. The average molecular weight is 507 g/mol. The van der Waals surface area contributed by atoms with Crippen LogP contribution in [0.1, 0.15) is 37.4 Å². The number of likely N-dealkylation sites (tertiary alicyclic amines) is 1. The highest BCUT2D eigenvalue weighted by atomic mass is 16.6. The molecule has 2 heterocycles. The molecule has 2 aliphatic rings. The highest BCUT2D eigenvalue weighted by molar-refractivity contribution is 6.46. The molecule has 8 heteroatoms. The van der Waals surface area contributed by atoms with Crippen LogP contribution in [0.4, 0.5) is 0 Å². The standard InChI is InChI=1S/C29H34N2O6/c1-4-16-35-22-11-8-20(9-12-22)26-25(27(32)21-10-13-23-24(19-21)37-18-17-36-23)28(33)29(34)31(26)15-7-14-30(5-2)6-3/h4,8-13,19,26,32H,1,5-7,14-18H2,2-3H3/b27-25+. The SMILES string of the molecule is C=CCOc1ccc(C2/C(=C(\O)c3ccc4c(c3)OCCO4)C(=O)C(=O)N2CCCN(CC)CC)cc1. The van der Waals surface area contributed by atoms with E-state index in [0.717, 1.165) is 19.6 Å². The van der Waals surface area contributed by atoms with Crippen molar-refractivity contribution in [3.63, 3.8) is 0 Å². The van der Waals surface area contributed by atoms with Crippen LogP contribution < -0.4 is 14.2 Å². The molecule has 196 valence electrons. The smallest absolute Gasteiger partial charge is 0.295 e. The summed E-state index contributed by atoms with van der Waals surface area (Å²) in [6.45, 7) is 12.1. The Morgan fingerprint density at radius 1 is 1.11 bits per heavy atom. The first-order valence-corrected chi connectivity index (χ1v) is 12.7. The van der Waals surface area contributed by atoms with Crippen molar-refractivity contribution < 1.29 is 28.9 Å². The fourth-order valence-corrected chi connectivity index (χ4v) is 4.71. The van der Waals surface area contributed by atoms with Crippen LogP contribution in [0.25, 0.3) is 5.76 Å². The van der Waals surface area contributed by atoms with E-state index in [9.17, 15) is 14.7 Å². The molecule has 4 rings (SSSR count). The fraction of sp³-hybridized carbons (Fsp3) is 0.379. The fourth-order valence-electron chi connectivity index (χ4n) is 4.71. The Labute approximate surface area is 217 Å². The molecule has 0 radical (unpaired) electrons. The van der Waals surface area contributed by atoms with Gasteiger partial charge in [-0.1, -0.05) is 38.6 Å². The molecule has 37 heavy (non-hydrogen) atoms. The van der Waals surface area contributed by atoms with E-state index >= 15 is 0 Å². The van der Waals surface area contributed by atoms with Crippen LogP contribution in [-0.2, 0) is 9.59 Å². The first kappa shape index (κ1) is 26.3. The first-order valence-electron chi connectivity index (χ1n) is 12.7. The van der Waals surface area contributed by atoms with Gasteiger partial charge in [-0.25, -0.2) is 0 Å². The number of aliphatic hydroxyl groups is 1. The molecule has 0 aliphatic carbocycles. The van der Waals surface area contributed by atoms with E-state index in [-0.39, 0.29) is 11.3 Å². The molecule has 0 aromatic heterocycles. The van der Waals surface area contributed by atoms with Crippen molar-refractivity contribution >= 4 is 17.4 Å². The lowest BCUT2D eigenvalue weighted by Crippen LogP contribution is -2.33. The van der Waals surface area contributed by atoms with Gasteiger partial charge in [0, 0.05) is 12.1 Å². The lowest BCUT2D eigenvalue weighted by Gasteiger charge is -2.27. The zero-order valence-electron chi connectivity index (χ0n) is 21.4. The average Bonchev–Trinajstić information content (AvgIpc) is 3.18. The summed E-state index contributed by atoms with van der Waals surface area (Å²) in [5, 5.41) is 11.4. The maximum Gasteiger partial charge on any atom is 0.295 e. The summed E-state index contributed by atoms with van der Waals surface area (Å²) in [7, 11) is 0. The number of carbonyl (C=O) groups is 2. The summed E-state index contributed by atoms with van der Waals surface area (Å²) >= 11 is 0. The van der Waals surface area contributed by atoms with Crippen molar-refractivity contribution in [3.8, 4) is 17.2 Å². The third-order valence-corrected chi connectivity index (χ3v) is 6.69. The van der Waals surface area contributed by atoms with Crippen molar-refractivity contribution in [2.24, 2.45) is 0 Å². The van der Waals surface area contributed by atoms with Crippen LogP contribution in [0.2, 0.25) is 0 Å². The number of hydrogen-bond donors (Lipinski definition) is 1. The second-order valence-corrected chi connectivity index (χ2v) is 8.90. The number of nitrogens with zero attached hydrogens (tertiary/aromatic N) is 2. The number of Topliss-reactive ketones (excluding diaryl/α,β-unsaturated/α-hetero) is 1. The van der Waals surface area contributed by atoms with Gasteiger partial charge in [-0.2, -0.15) is 0 Å². The zero-order chi connectivity index (χ0) is 26.4. The number of ether oxygens (including phenoxy) is 3. The number of fused-ring (bicyclic) bond motifs is 1. The Kier molecular flexibility index (Phi) is 8.50. The monoisotopic (exact) mass is 506 g/mol. The number of ketones is 1. The molecule has 8 nitrogen and oxygen atoms in total. The van der Waals surface area contributed by atoms with Crippen molar-refractivity contribution in [1.82, 2.24) is 9.80 Å². The Morgan fingerprint density at radius 2 is 1.81 bits per heavy atom. The largest absolute Gasteiger partial charge is 0.507 e. The molecule has 0 bridgehead atoms. The van der Waals surface area contributed by atoms with Gasteiger partial charge in [-0.3, -0.25) is 9.59 Å². The number of amides is 1. The lowest BCUT2D eigenvalue weighted by molar-refractivity contribution is -0.140. The number of benzene rings is 2. The summed E-state index contributed by atoms with van der Waals surface area (Å²) in [4.78, 5) is 30.4. The molecule has 0 saturated carbocycles. The minimum Gasteiger partial charge on any atom is -0.507 e. The minimum absolute atomic E-state index is 0.0595. The lowest BCUT2D eigenvalue weighted by atomic mass is 9.95. The van der Waals surface area contributed by atoms with Crippen molar-refractivity contribution in [3.05, 3.63) is 71.8 Å². The molecule has 2 aromatic rings. The van der Waals surface area contributed by atoms with Gasteiger partial charge >= 0.3 is 0 Å². The highest BCUT2D eigenvalue weighted by Gasteiger charge is 2.45. The molecular weight excluding hydrogens is 472 g/mol. The third-order valence-electron chi connectivity index (χ3n) is 6.69. The predicted octanol–water partition coefficient (Wildman–Crippen LogP) is 4.18. The molecule has 1 unspecified atom stereocenters. The second-order valence-electron chi connectivity index (χ2n) is 8.90. The second kappa shape index (κ2) is 12.0. The van der Waals surface area contributed by atoms with Crippen LogP contribution in [0.5, 0.6) is 17.2 Å². The summed E-state index contributed by atoms with van der Waals surface area (Å²) in [5.41, 5.74) is 1.16. The van der Waals surface area contributed by atoms with Gasteiger partial charge in [-0.15, -0.1) is 0 Å². The Balaban J connectivity index is 1.71. The van der Waals surface area contributed by atoms with E-state index in [1.54, 1.807) is 41.3 Å². The molecule has 1 saturated heterocycles. The number of carbonyl (C=O) groups excluding carboxylic acids is 2. The highest BCUT2D eigenvalue weighted by Crippen LogP contribution is 2.41. The van der Waals surface area contributed by atoms with E-state index in [1.165, 1.54) is 0 Å². The van der Waals surface area contributed by atoms with Gasteiger partial charge in [0.2, 0.25) is 0 Å². The summed E-state index contributed by atoms with van der Waals surface area (Å²) in [5.74, 6) is 0.158. The molecular formula is C29H34N2O6. The Morgan fingerprint density at radius 3 is 2.49 bits per heavy atom. The van der Waals surface area contributed by atoms with Gasteiger partial charge in [0.25, 0.3) is 11.7 Å². The Hall–Kier alpha value is -3.78. The normalized spacial score (nSPS) is 18.4. The molecule has 2 aliphatic heterocycles. The summed E-state index contributed by atoms with van der Waals surface area (Å²) in [6, 6.07) is 11.5. The third kappa shape index (κ3) is 5.64. The van der Waals surface area contributed by atoms with E-state index < -0.39 is 17.7 Å². The molecule has 0 spiro atoms. The van der Waals surface area contributed by atoms with Crippen molar-refractivity contribution in [1.29, 1.82) is 0 Å². The van der Waals surface area contributed by atoms with Crippen LogP contribution in [-0.4, -0.2) is 72.6 Å². The van der Waals surface area contributed by atoms with E-state index in [2.05, 4.69) is 25.3 Å². The zero-order valence-corrected chi connectivity index (χ0v) is 21.4. The van der Waals surface area contributed by atoms with Gasteiger partial charge in [-0.05, 0) is 62.0 Å². The maximum absolute atomic E-state index is 13.3. The number of rotatable bonds is 11. The van der Waals surface area contributed by atoms with Crippen LogP contribution in [0, 0.1) is 0 Å². The van der Waals surface area contributed by atoms with Crippen LogP contribution in [0.15, 0.2) is 60.7 Å². The van der Waals surface area contributed by atoms with Crippen LogP contribution >= 0.6 is 0 Å². The van der Waals surface area contributed by atoms with E-state index in [0.29, 0.717) is 61.2 Å². The number of aliphatic hydroxyl groups excluding tert-OH is 1. The first-order chi connectivity index (χ1) is 18.0. The molecule has 1 amide bonds. The predicted molar refractivity (Wildman–Crippen MR) is 141 cm³/mol. The van der Waals surface area contributed by atoms with E-state index in [4.69, 9.17) is 14.2 Å². The van der Waals surface area contributed by atoms with Crippen LogP contribution in [0.3, 0.4) is 0 Å². The Bertz CT molecular complexity index is 1170. The quantitative estimate of drug-likeness (QED) is 0.212. The number of hydrogen-bond acceptors (Lipinski definition) is 7. The van der Waals surface area contributed by atoms with E-state index in [1.807, 2.05) is 12.1 Å². The van der Waals surface area contributed by atoms with Gasteiger partial charge < -0.3 is 29.1 Å². The molecule has 1 fully saturated rings. The molecule has 1 atom stereocenters. The van der Waals surface area contributed by atoms with Crippen molar-refractivity contribution in [2.75, 3.05) is 46.0 Å². The molecule has 1 N–H and O–H groups in total. The topological polar surface area (TPSA) is 88.5 Å². The summed E-state index contributed by atoms with van der Waals surface area (Å²) in [6.07, 6.45) is 2.36. The maximum atomic E-state index is 13.3.